The van der Waals surface area contributed by atoms with E-state index in [2.05, 4.69) is 9.97 Å². The lowest BCUT2D eigenvalue weighted by Crippen LogP contribution is -2.41. The summed E-state index contributed by atoms with van der Waals surface area (Å²) in [4.78, 5) is 10.5. The Morgan fingerprint density at radius 3 is 2.53 bits per heavy atom. The first-order valence-corrected chi connectivity index (χ1v) is 9.88. The van der Waals surface area contributed by atoms with Crippen molar-refractivity contribution >= 4 is 11.6 Å². The fraction of sp³-hybridized carbons (Fsp3) is 0.524. The van der Waals surface area contributed by atoms with Crippen LogP contribution in [0.4, 0.5) is 20.4 Å². The van der Waals surface area contributed by atoms with Gasteiger partial charge in [0.25, 0.3) is 0 Å². The Hall–Kier alpha value is -2.36. The minimum Gasteiger partial charge on any atom is -0.388 e. The standard InChI is InChI=1S/C21H26F2N4O3/c1-10-25-16(24)9-17(26-10)27(4)15-8-12(19-20(15)30-21(2,3)29-19)18(28)11-5-6-13(22)14(23)7-11/h5-7,9,12,15,18-20,28H,8H2,1-4H3,(H2,24,25,26)/t12-,15-,18?,19-,20+/m1/s1. The lowest BCUT2D eigenvalue weighted by atomic mass is 9.92. The molecular formula is C21H26F2N4O3. The number of hydrogen-bond acceptors (Lipinski definition) is 7. The van der Waals surface area contributed by atoms with Crippen molar-refractivity contribution in [3.05, 3.63) is 47.3 Å². The number of anilines is 2. The number of fused-ring (bicyclic) bond motifs is 1. The molecule has 1 aliphatic heterocycles. The van der Waals surface area contributed by atoms with Crippen LogP contribution in [0.5, 0.6) is 0 Å². The summed E-state index contributed by atoms with van der Waals surface area (Å²) in [5.41, 5.74) is 6.19. The minimum absolute atomic E-state index is 0.171. The van der Waals surface area contributed by atoms with E-state index in [9.17, 15) is 13.9 Å². The van der Waals surface area contributed by atoms with Crippen LogP contribution in [0, 0.1) is 24.5 Å². The Morgan fingerprint density at radius 1 is 1.17 bits per heavy atom. The van der Waals surface area contributed by atoms with Gasteiger partial charge in [0, 0.05) is 19.0 Å². The van der Waals surface area contributed by atoms with Gasteiger partial charge >= 0.3 is 0 Å². The Balaban J connectivity index is 1.65. The predicted molar refractivity (Wildman–Crippen MR) is 107 cm³/mol. The highest BCUT2D eigenvalue weighted by Crippen LogP contribution is 2.48. The van der Waals surface area contributed by atoms with Crippen LogP contribution in [0.2, 0.25) is 0 Å². The van der Waals surface area contributed by atoms with Crippen molar-refractivity contribution in [2.75, 3.05) is 17.7 Å². The van der Waals surface area contributed by atoms with Gasteiger partial charge in [-0.2, -0.15) is 0 Å². The molecule has 9 heteroatoms. The van der Waals surface area contributed by atoms with Gasteiger partial charge in [0.05, 0.1) is 18.2 Å². The molecule has 3 N–H and O–H groups in total. The number of rotatable bonds is 4. The summed E-state index contributed by atoms with van der Waals surface area (Å²) >= 11 is 0. The summed E-state index contributed by atoms with van der Waals surface area (Å²) in [6, 6.07) is 4.95. The number of nitrogens with two attached hydrogens (primary N) is 1. The SMILES string of the molecule is Cc1nc(N)cc(N(C)[C@@H]2C[C@H](C(O)c3ccc(F)c(F)c3)[C@H]3OC(C)(C)O[C@H]32)n1. The van der Waals surface area contributed by atoms with Gasteiger partial charge in [-0.3, -0.25) is 0 Å². The summed E-state index contributed by atoms with van der Waals surface area (Å²) in [6.45, 7) is 5.39. The van der Waals surface area contributed by atoms with Gasteiger partial charge in [-0.15, -0.1) is 0 Å². The molecule has 1 saturated heterocycles. The maximum Gasteiger partial charge on any atom is 0.163 e. The quantitative estimate of drug-likeness (QED) is 0.786. The van der Waals surface area contributed by atoms with Gasteiger partial charge in [0.1, 0.15) is 23.6 Å². The molecule has 0 amide bonds. The fourth-order valence-corrected chi connectivity index (χ4v) is 4.55. The van der Waals surface area contributed by atoms with Gasteiger partial charge in [-0.05, 0) is 44.9 Å². The zero-order valence-corrected chi connectivity index (χ0v) is 17.3. The lowest BCUT2D eigenvalue weighted by molar-refractivity contribution is -0.162. The average Bonchev–Trinajstić information content (AvgIpc) is 3.15. The van der Waals surface area contributed by atoms with E-state index in [1.807, 2.05) is 25.8 Å². The van der Waals surface area contributed by atoms with E-state index in [0.717, 1.165) is 12.1 Å². The van der Waals surface area contributed by atoms with Crippen molar-refractivity contribution in [1.29, 1.82) is 0 Å². The molecule has 2 aromatic rings. The number of aliphatic hydroxyl groups excluding tert-OH is 1. The number of aliphatic hydroxyl groups is 1. The van der Waals surface area contributed by atoms with Crippen molar-refractivity contribution in [1.82, 2.24) is 9.97 Å². The molecule has 0 spiro atoms. The first kappa shape index (κ1) is 20.9. The number of benzene rings is 1. The van der Waals surface area contributed by atoms with E-state index in [-0.39, 0.29) is 18.1 Å². The van der Waals surface area contributed by atoms with E-state index in [0.29, 0.717) is 29.4 Å². The molecule has 0 radical (unpaired) electrons. The van der Waals surface area contributed by atoms with Gasteiger partial charge < -0.3 is 25.2 Å². The monoisotopic (exact) mass is 420 g/mol. The second kappa shape index (κ2) is 7.40. The average molecular weight is 420 g/mol. The molecule has 162 valence electrons. The van der Waals surface area contributed by atoms with E-state index in [1.54, 1.807) is 13.0 Å². The minimum atomic E-state index is -1.04. The van der Waals surface area contributed by atoms with Crippen LogP contribution in [-0.2, 0) is 9.47 Å². The van der Waals surface area contributed by atoms with Crippen LogP contribution < -0.4 is 10.6 Å². The summed E-state index contributed by atoms with van der Waals surface area (Å²) in [7, 11) is 1.88. The summed E-state index contributed by atoms with van der Waals surface area (Å²) in [5.74, 6) is -1.61. The van der Waals surface area contributed by atoms with E-state index in [1.165, 1.54) is 6.07 Å². The second-order valence-electron chi connectivity index (χ2n) is 8.46. The largest absolute Gasteiger partial charge is 0.388 e. The Labute approximate surface area is 173 Å². The third kappa shape index (κ3) is 3.73. The molecule has 2 fully saturated rings. The van der Waals surface area contributed by atoms with Crippen LogP contribution in [0.15, 0.2) is 24.3 Å². The van der Waals surface area contributed by atoms with Crippen LogP contribution in [-0.4, -0.2) is 46.2 Å². The number of aryl methyl sites for hydroxylation is 1. The number of ether oxygens (including phenoxy) is 2. The maximum absolute atomic E-state index is 13.7. The van der Waals surface area contributed by atoms with Crippen LogP contribution >= 0.6 is 0 Å². The van der Waals surface area contributed by atoms with Gasteiger partial charge in [-0.25, -0.2) is 18.7 Å². The number of aromatic nitrogens is 2. The first-order chi connectivity index (χ1) is 14.1. The number of nitrogen functional groups attached to an aromatic ring is 1. The molecular weight excluding hydrogens is 394 g/mol. The zero-order valence-electron chi connectivity index (χ0n) is 17.3. The second-order valence-corrected chi connectivity index (χ2v) is 8.46. The molecule has 5 atom stereocenters. The lowest BCUT2D eigenvalue weighted by Gasteiger charge is -2.31. The smallest absolute Gasteiger partial charge is 0.163 e. The van der Waals surface area contributed by atoms with E-state index >= 15 is 0 Å². The molecule has 1 aromatic heterocycles. The molecule has 1 aromatic carbocycles. The maximum atomic E-state index is 13.7. The first-order valence-electron chi connectivity index (χ1n) is 9.88. The molecule has 2 aliphatic rings. The normalized spacial score (nSPS) is 28.4. The Bertz CT molecular complexity index is 938. The zero-order chi connectivity index (χ0) is 21.8. The predicted octanol–water partition coefficient (Wildman–Crippen LogP) is 2.72. The molecule has 30 heavy (non-hydrogen) atoms. The van der Waals surface area contributed by atoms with Gasteiger partial charge in [0.15, 0.2) is 17.4 Å². The molecule has 1 unspecified atom stereocenters. The van der Waals surface area contributed by atoms with Crippen molar-refractivity contribution in [3.8, 4) is 0 Å². The summed E-state index contributed by atoms with van der Waals surface area (Å²) in [6.07, 6.45) is -1.30. The molecule has 7 nitrogen and oxygen atoms in total. The van der Waals surface area contributed by atoms with E-state index < -0.39 is 29.6 Å². The highest BCUT2D eigenvalue weighted by atomic mass is 19.2. The topological polar surface area (TPSA) is 93.7 Å². The number of halogens is 2. The Morgan fingerprint density at radius 2 is 1.87 bits per heavy atom. The molecule has 2 heterocycles. The number of hydrogen-bond donors (Lipinski definition) is 2. The molecule has 0 bridgehead atoms. The van der Waals surface area contributed by atoms with Crippen molar-refractivity contribution in [3.63, 3.8) is 0 Å². The van der Waals surface area contributed by atoms with Crippen LogP contribution in [0.3, 0.4) is 0 Å². The van der Waals surface area contributed by atoms with Crippen molar-refractivity contribution < 1.29 is 23.4 Å². The molecule has 1 aliphatic carbocycles. The summed E-state index contributed by atoms with van der Waals surface area (Å²) < 4.78 is 39.4. The van der Waals surface area contributed by atoms with Crippen LogP contribution in [0.25, 0.3) is 0 Å². The molecule has 4 rings (SSSR count). The number of nitrogens with zero attached hydrogens (tertiary/aromatic N) is 3. The third-order valence-corrected chi connectivity index (χ3v) is 5.87. The van der Waals surface area contributed by atoms with E-state index in [4.69, 9.17) is 15.2 Å². The fourth-order valence-electron chi connectivity index (χ4n) is 4.55. The van der Waals surface area contributed by atoms with Crippen molar-refractivity contribution in [2.24, 2.45) is 5.92 Å². The van der Waals surface area contributed by atoms with Crippen LogP contribution in [0.1, 0.15) is 37.8 Å². The van der Waals surface area contributed by atoms with Crippen molar-refractivity contribution in [2.45, 2.75) is 57.3 Å². The number of likely N-dealkylation sites (N-methyl/N-ethyl adjacent to an activating group) is 1. The van der Waals surface area contributed by atoms with Gasteiger partial charge in [-0.1, -0.05) is 6.07 Å². The third-order valence-electron chi connectivity index (χ3n) is 5.87. The molecule has 1 saturated carbocycles. The Kier molecular flexibility index (Phi) is 5.16. The highest BCUT2D eigenvalue weighted by molar-refractivity contribution is 5.48. The summed E-state index contributed by atoms with van der Waals surface area (Å²) in [5, 5.41) is 11.0. The van der Waals surface area contributed by atoms with Gasteiger partial charge in [0.2, 0.25) is 0 Å². The highest BCUT2D eigenvalue weighted by Gasteiger charge is 2.57.